The highest BCUT2D eigenvalue weighted by molar-refractivity contribution is 7.07. The lowest BCUT2D eigenvalue weighted by Gasteiger charge is -2.19. The third kappa shape index (κ3) is 4.15. The van der Waals surface area contributed by atoms with Gasteiger partial charge in [-0.15, -0.1) is 11.3 Å². The van der Waals surface area contributed by atoms with Crippen LogP contribution in [0, 0.1) is 0 Å². The van der Waals surface area contributed by atoms with E-state index in [9.17, 15) is 0 Å². The van der Waals surface area contributed by atoms with Crippen molar-refractivity contribution in [1.82, 2.24) is 9.88 Å². The first kappa shape index (κ1) is 11.6. The minimum atomic E-state index is 0.0728. The maximum absolute atomic E-state index is 5.83. The van der Waals surface area contributed by atoms with E-state index in [1.54, 1.807) is 18.4 Å². The van der Waals surface area contributed by atoms with Gasteiger partial charge in [-0.05, 0) is 7.05 Å². The summed E-state index contributed by atoms with van der Waals surface area (Å²) < 4.78 is 4.97. The van der Waals surface area contributed by atoms with Gasteiger partial charge in [-0.3, -0.25) is 4.90 Å². The lowest BCUT2D eigenvalue weighted by atomic mass is 10.3. The Labute approximate surface area is 88.7 Å². The largest absolute Gasteiger partial charge is 0.383 e. The fraction of sp³-hybridized carbons (Fsp3) is 0.667. The van der Waals surface area contributed by atoms with Crippen molar-refractivity contribution >= 4 is 11.3 Å². The quantitative estimate of drug-likeness (QED) is 0.753. The van der Waals surface area contributed by atoms with Crippen molar-refractivity contribution in [2.75, 3.05) is 27.3 Å². The molecule has 0 bridgehead atoms. The molecule has 0 aromatic carbocycles. The first-order chi connectivity index (χ1) is 6.72. The van der Waals surface area contributed by atoms with Crippen LogP contribution >= 0.6 is 11.3 Å². The van der Waals surface area contributed by atoms with Gasteiger partial charge < -0.3 is 10.5 Å². The van der Waals surface area contributed by atoms with Crippen molar-refractivity contribution in [3.05, 3.63) is 16.6 Å². The number of rotatable bonds is 6. The average molecular weight is 215 g/mol. The van der Waals surface area contributed by atoms with Crippen LogP contribution in [0.25, 0.3) is 0 Å². The van der Waals surface area contributed by atoms with Gasteiger partial charge in [0.1, 0.15) is 0 Å². The minimum Gasteiger partial charge on any atom is -0.383 e. The van der Waals surface area contributed by atoms with Crippen molar-refractivity contribution in [1.29, 1.82) is 0 Å². The zero-order valence-electron chi connectivity index (χ0n) is 8.64. The van der Waals surface area contributed by atoms with Gasteiger partial charge in [-0.2, -0.15) is 0 Å². The molecule has 0 spiro atoms. The predicted molar refractivity (Wildman–Crippen MR) is 58.3 cm³/mol. The summed E-state index contributed by atoms with van der Waals surface area (Å²) in [5, 5.41) is 2.05. The van der Waals surface area contributed by atoms with Gasteiger partial charge >= 0.3 is 0 Å². The van der Waals surface area contributed by atoms with Gasteiger partial charge in [0.2, 0.25) is 0 Å². The summed E-state index contributed by atoms with van der Waals surface area (Å²) in [6.07, 6.45) is 0. The lowest BCUT2D eigenvalue weighted by molar-refractivity contribution is 0.159. The van der Waals surface area contributed by atoms with Crippen LogP contribution < -0.4 is 5.73 Å². The number of nitrogens with zero attached hydrogens (tertiary/aromatic N) is 2. The van der Waals surface area contributed by atoms with Crippen LogP contribution in [0.3, 0.4) is 0 Å². The van der Waals surface area contributed by atoms with Crippen molar-refractivity contribution in [3.63, 3.8) is 0 Å². The molecule has 14 heavy (non-hydrogen) atoms. The van der Waals surface area contributed by atoms with Crippen LogP contribution in [0.15, 0.2) is 10.9 Å². The van der Waals surface area contributed by atoms with Gasteiger partial charge in [-0.1, -0.05) is 0 Å². The molecule has 2 N–H and O–H groups in total. The molecule has 0 aliphatic carbocycles. The van der Waals surface area contributed by atoms with Crippen LogP contribution in [-0.4, -0.2) is 43.2 Å². The van der Waals surface area contributed by atoms with Crippen LogP contribution in [0.2, 0.25) is 0 Å². The number of nitrogens with two attached hydrogens (primary N) is 1. The highest BCUT2D eigenvalue weighted by Gasteiger charge is 2.07. The van der Waals surface area contributed by atoms with Crippen molar-refractivity contribution in [3.8, 4) is 0 Å². The maximum atomic E-state index is 5.83. The third-order valence-corrected chi connectivity index (χ3v) is 2.48. The third-order valence-electron chi connectivity index (χ3n) is 1.84. The van der Waals surface area contributed by atoms with E-state index in [2.05, 4.69) is 15.3 Å². The molecule has 5 heteroatoms. The van der Waals surface area contributed by atoms with E-state index in [-0.39, 0.29) is 6.04 Å². The highest BCUT2D eigenvalue weighted by Crippen LogP contribution is 2.03. The number of methoxy groups -OCH3 is 1. The molecular weight excluding hydrogens is 198 g/mol. The molecule has 1 unspecified atom stereocenters. The molecule has 0 aliphatic rings. The van der Waals surface area contributed by atoms with Gasteiger partial charge in [0.25, 0.3) is 0 Å². The number of likely N-dealkylation sites (N-methyl/N-ethyl adjacent to an activating group) is 1. The Kier molecular flexibility index (Phi) is 5.03. The minimum absolute atomic E-state index is 0.0728. The molecule has 1 rings (SSSR count). The van der Waals surface area contributed by atoms with E-state index in [1.807, 2.05) is 12.6 Å². The lowest BCUT2D eigenvalue weighted by Crippen LogP contribution is -2.38. The summed E-state index contributed by atoms with van der Waals surface area (Å²) in [5.74, 6) is 0. The Morgan fingerprint density at radius 3 is 3.07 bits per heavy atom. The summed E-state index contributed by atoms with van der Waals surface area (Å²) in [6.45, 7) is 2.27. The molecule has 0 aliphatic heterocycles. The Hall–Kier alpha value is -0.490. The van der Waals surface area contributed by atoms with Crippen LogP contribution in [0.4, 0.5) is 0 Å². The van der Waals surface area contributed by atoms with E-state index >= 15 is 0 Å². The molecule has 1 atom stereocenters. The fourth-order valence-corrected chi connectivity index (χ4v) is 1.87. The molecule has 0 fully saturated rings. The predicted octanol–water partition coefficient (Wildman–Crippen LogP) is 0.549. The zero-order chi connectivity index (χ0) is 10.4. The molecule has 1 aromatic rings. The number of ether oxygens (including phenoxy) is 1. The molecular formula is C9H17N3OS. The Morgan fingerprint density at radius 2 is 2.50 bits per heavy atom. The van der Waals surface area contributed by atoms with E-state index in [0.29, 0.717) is 6.61 Å². The van der Waals surface area contributed by atoms with Crippen molar-refractivity contribution in [2.45, 2.75) is 12.6 Å². The molecule has 0 amide bonds. The van der Waals surface area contributed by atoms with Crippen LogP contribution in [0.1, 0.15) is 5.69 Å². The summed E-state index contributed by atoms with van der Waals surface area (Å²) in [5.41, 5.74) is 8.77. The summed E-state index contributed by atoms with van der Waals surface area (Å²) >= 11 is 1.62. The van der Waals surface area contributed by atoms with Gasteiger partial charge in [0.15, 0.2) is 0 Å². The number of hydrogen-bond acceptors (Lipinski definition) is 5. The second kappa shape index (κ2) is 6.08. The highest BCUT2D eigenvalue weighted by atomic mass is 32.1. The Bertz CT molecular complexity index is 240. The molecule has 1 heterocycles. The molecule has 1 aromatic heterocycles. The Balaban J connectivity index is 2.25. The smallest absolute Gasteiger partial charge is 0.0795 e. The van der Waals surface area contributed by atoms with E-state index in [1.165, 1.54) is 0 Å². The zero-order valence-corrected chi connectivity index (χ0v) is 9.46. The standard InChI is InChI=1S/C9H17N3OS/c1-12(3-8(10)5-13-2)4-9-6-14-7-11-9/h6-8H,3-5,10H2,1-2H3. The summed E-state index contributed by atoms with van der Waals surface area (Å²) in [7, 11) is 3.70. The molecule has 0 radical (unpaired) electrons. The molecule has 0 saturated heterocycles. The average Bonchev–Trinajstić information content (AvgIpc) is 2.56. The second-order valence-corrected chi connectivity index (χ2v) is 4.11. The van der Waals surface area contributed by atoms with Gasteiger partial charge in [-0.25, -0.2) is 4.98 Å². The first-order valence-corrected chi connectivity index (χ1v) is 5.46. The normalized spacial score (nSPS) is 13.4. The van der Waals surface area contributed by atoms with Gasteiger partial charge in [0, 0.05) is 31.6 Å². The number of thiazole rings is 1. The van der Waals surface area contributed by atoms with Gasteiger partial charge in [0.05, 0.1) is 17.8 Å². The summed E-state index contributed by atoms with van der Waals surface area (Å²) in [4.78, 5) is 6.37. The summed E-state index contributed by atoms with van der Waals surface area (Å²) in [6, 6.07) is 0.0728. The number of aromatic nitrogens is 1. The number of hydrogen-bond donors (Lipinski definition) is 1. The van der Waals surface area contributed by atoms with E-state index in [4.69, 9.17) is 10.5 Å². The maximum Gasteiger partial charge on any atom is 0.0795 e. The molecule has 80 valence electrons. The van der Waals surface area contributed by atoms with Crippen molar-refractivity contribution < 1.29 is 4.74 Å². The van der Waals surface area contributed by atoms with E-state index in [0.717, 1.165) is 18.8 Å². The SMILES string of the molecule is COCC(N)CN(C)Cc1cscn1. The molecule has 4 nitrogen and oxygen atoms in total. The molecule has 0 saturated carbocycles. The topological polar surface area (TPSA) is 51.4 Å². The monoisotopic (exact) mass is 215 g/mol. The Morgan fingerprint density at radius 1 is 1.71 bits per heavy atom. The van der Waals surface area contributed by atoms with E-state index < -0.39 is 0 Å². The van der Waals surface area contributed by atoms with Crippen LogP contribution in [-0.2, 0) is 11.3 Å². The van der Waals surface area contributed by atoms with Crippen LogP contribution in [0.5, 0.6) is 0 Å². The first-order valence-electron chi connectivity index (χ1n) is 4.52. The fourth-order valence-electron chi connectivity index (χ4n) is 1.32. The van der Waals surface area contributed by atoms with Crippen molar-refractivity contribution in [2.24, 2.45) is 5.73 Å². The second-order valence-electron chi connectivity index (χ2n) is 3.39.